The van der Waals surface area contributed by atoms with E-state index in [0.29, 0.717) is 5.82 Å². The molecule has 1 aliphatic carbocycles. The second kappa shape index (κ2) is 15.1. The lowest BCUT2D eigenvalue weighted by atomic mass is 9.65. The Morgan fingerprint density at radius 1 is 0.294 bits per heavy atom. The summed E-state index contributed by atoms with van der Waals surface area (Å²) in [5.74, 6) is 0.685. The summed E-state index contributed by atoms with van der Waals surface area (Å²) < 4.78 is 2.51. The van der Waals surface area contributed by atoms with E-state index in [1.807, 2.05) is 0 Å². The highest BCUT2D eigenvalue weighted by Crippen LogP contribution is 2.61. The van der Waals surface area contributed by atoms with Crippen LogP contribution < -0.4 is 0 Å². The molecule has 12 aromatic rings. The lowest BCUT2D eigenvalue weighted by molar-refractivity contribution is 0.749. The van der Waals surface area contributed by atoms with Gasteiger partial charge in [-0.3, -0.25) is 0 Å². The highest BCUT2D eigenvalue weighted by Gasteiger charge is 2.50. The SMILES string of the molecule is c1ccc(-c2cccc(-c3cc(-c4cccc(-c5ccccc5)c4)nc(-c4ccc(-c5ccc6c(c5)C5(c7ccccc7-6)c6ccccc6-n6c7ccccc7c7cccc5c76)cc4)n3)c2)cc1. The zero-order valence-electron chi connectivity index (χ0n) is 37.0. The van der Waals surface area contributed by atoms with Crippen LogP contribution in [0.15, 0.2) is 249 Å². The molecule has 3 heterocycles. The average Bonchev–Trinajstić information content (AvgIpc) is 3.92. The van der Waals surface area contributed by atoms with E-state index in [1.54, 1.807) is 0 Å². The summed E-state index contributed by atoms with van der Waals surface area (Å²) in [4.78, 5) is 10.6. The number of aromatic nitrogens is 3. The molecule has 2 aliphatic rings. The van der Waals surface area contributed by atoms with Crippen LogP contribution in [0.25, 0.3) is 106 Å². The van der Waals surface area contributed by atoms with Crippen molar-refractivity contribution in [3.8, 4) is 84.1 Å². The van der Waals surface area contributed by atoms with Crippen LogP contribution >= 0.6 is 0 Å². The van der Waals surface area contributed by atoms with Crippen LogP contribution in [0.1, 0.15) is 22.3 Å². The summed E-state index contributed by atoms with van der Waals surface area (Å²) in [7, 11) is 0. The Bertz CT molecular complexity index is 3860. The molecular formula is C65H41N3. The van der Waals surface area contributed by atoms with Gasteiger partial charge in [-0.15, -0.1) is 0 Å². The van der Waals surface area contributed by atoms with Crippen molar-refractivity contribution in [2.75, 3.05) is 0 Å². The first-order valence-electron chi connectivity index (χ1n) is 23.4. The Balaban J connectivity index is 0.912. The molecule has 316 valence electrons. The number of nitrogens with zero attached hydrogens (tertiary/aromatic N) is 3. The lowest BCUT2D eigenvalue weighted by Crippen LogP contribution is -2.33. The smallest absolute Gasteiger partial charge is 0.160 e. The molecule has 2 aromatic heterocycles. The molecule has 0 N–H and O–H groups in total. The lowest BCUT2D eigenvalue weighted by Gasteiger charge is -2.39. The van der Waals surface area contributed by atoms with Crippen molar-refractivity contribution in [1.82, 2.24) is 14.5 Å². The standard InChI is InChI=1S/C65H41N3/c1-3-16-42(17-4-1)46-20-13-22-49(38-46)59-41-60(50-23-14-21-47(39-50)43-18-5-2-6-19-43)67-64(66-59)45-34-32-44(33-35-45)48-36-37-52-51-24-7-9-27-55(51)65(58(52)40-48)56-28-10-12-31-62(56)68-61-30-11-8-25-53(61)54-26-15-29-57(65)63(54)68/h1-41H. The van der Waals surface area contributed by atoms with Crippen LogP contribution in [0.5, 0.6) is 0 Å². The Labute approximate surface area is 395 Å². The monoisotopic (exact) mass is 863 g/mol. The van der Waals surface area contributed by atoms with E-state index in [0.717, 1.165) is 44.8 Å². The fourth-order valence-corrected chi connectivity index (χ4v) is 11.4. The zero-order valence-corrected chi connectivity index (χ0v) is 37.0. The quantitative estimate of drug-likeness (QED) is 0.167. The molecule has 0 amide bonds. The van der Waals surface area contributed by atoms with Crippen LogP contribution in [0, 0.1) is 0 Å². The molecule has 3 heteroatoms. The fourth-order valence-electron chi connectivity index (χ4n) is 11.4. The Kier molecular flexibility index (Phi) is 8.50. The summed E-state index contributed by atoms with van der Waals surface area (Å²) in [5.41, 5.74) is 22.8. The highest BCUT2D eigenvalue weighted by atomic mass is 15.0. The number of benzene rings is 10. The molecule has 0 radical (unpaired) electrons. The van der Waals surface area contributed by atoms with E-state index in [4.69, 9.17) is 9.97 Å². The molecule has 3 nitrogen and oxygen atoms in total. The van der Waals surface area contributed by atoms with Crippen LogP contribution in [-0.4, -0.2) is 14.5 Å². The van der Waals surface area contributed by atoms with Crippen LogP contribution in [-0.2, 0) is 5.41 Å². The molecular weight excluding hydrogens is 823 g/mol. The first kappa shape index (κ1) is 38.4. The van der Waals surface area contributed by atoms with Gasteiger partial charge in [0.15, 0.2) is 5.82 Å². The van der Waals surface area contributed by atoms with Gasteiger partial charge in [0.2, 0.25) is 0 Å². The van der Waals surface area contributed by atoms with Gasteiger partial charge < -0.3 is 4.57 Å². The van der Waals surface area contributed by atoms with Gasteiger partial charge in [-0.05, 0) is 103 Å². The van der Waals surface area contributed by atoms with Crippen LogP contribution in [0.4, 0.5) is 0 Å². The number of hydrogen-bond acceptors (Lipinski definition) is 2. The summed E-state index contributed by atoms with van der Waals surface area (Å²) >= 11 is 0. The summed E-state index contributed by atoms with van der Waals surface area (Å²) in [6.45, 7) is 0. The molecule has 1 unspecified atom stereocenters. The van der Waals surface area contributed by atoms with Crippen LogP contribution in [0.3, 0.4) is 0 Å². The van der Waals surface area contributed by atoms with Crippen molar-refractivity contribution >= 4 is 21.8 Å². The third-order valence-electron chi connectivity index (χ3n) is 14.4. The third kappa shape index (κ3) is 5.72. The third-order valence-corrected chi connectivity index (χ3v) is 14.4. The molecule has 14 rings (SSSR count). The molecule has 1 atom stereocenters. The van der Waals surface area contributed by atoms with Crippen molar-refractivity contribution in [2.45, 2.75) is 5.41 Å². The second-order valence-electron chi connectivity index (χ2n) is 18.1. The molecule has 0 saturated carbocycles. The number of para-hydroxylation sites is 3. The molecule has 0 fully saturated rings. The first-order chi connectivity index (χ1) is 33.7. The van der Waals surface area contributed by atoms with Gasteiger partial charge >= 0.3 is 0 Å². The molecule has 1 spiro atoms. The molecule has 0 saturated heterocycles. The van der Waals surface area contributed by atoms with Gasteiger partial charge in [-0.2, -0.15) is 0 Å². The maximum atomic E-state index is 5.31. The maximum absolute atomic E-state index is 5.31. The number of hydrogen-bond donors (Lipinski definition) is 0. The van der Waals surface area contributed by atoms with E-state index >= 15 is 0 Å². The summed E-state index contributed by atoms with van der Waals surface area (Å²) in [5, 5.41) is 2.56. The predicted octanol–water partition coefficient (Wildman–Crippen LogP) is 16.3. The van der Waals surface area contributed by atoms with Crippen molar-refractivity contribution in [1.29, 1.82) is 0 Å². The van der Waals surface area contributed by atoms with E-state index < -0.39 is 5.41 Å². The topological polar surface area (TPSA) is 30.7 Å². The van der Waals surface area contributed by atoms with Gasteiger partial charge in [-0.25, -0.2) is 9.97 Å². The van der Waals surface area contributed by atoms with Gasteiger partial charge in [0.05, 0.1) is 33.5 Å². The Hall–Kier alpha value is -8.92. The number of fused-ring (bicyclic) bond motifs is 12. The first-order valence-corrected chi connectivity index (χ1v) is 23.4. The van der Waals surface area contributed by atoms with Gasteiger partial charge in [-0.1, -0.05) is 212 Å². The van der Waals surface area contributed by atoms with Crippen LogP contribution in [0.2, 0.25) is 0 Å². The van der Waals surface area contributed by atoms with Crippen molar-refractivity contribution in [3.63, 3.8) is 0 Å². The van der Waals surface area contributed by atoms with Gasteiger partial charge in [0.25, 0.3) is 0 Å². The van der Waals surface area contributed by atoms with Gasteiger partial charge in [0.1, 0.15) is 0 Å². The number of rotatable bonds is 6. The Morgan fingerprint density at radius 3 is 1.50 bits per heavy atom. The normalized spacial score (nSPS) is 14.2. The molecule has 0 bridgehead atoms. The largest absolute Gasteiger partial charge is 0.309 e. The van der Waals surface area contributed by atoms with E-state index in [-0.39, 0.29) is 0 Å². The zero-order chi connectivity index (χ0) is 44.8. The minimum atomic E-state index is -0.511. The summed E-state index contributed by atoms with van der Waals surface area (Å²) in [6, 6.07) is 90.4. The second-order valence-corrected chi connectivity index (χ2v) is 18.1. The van der Waals surface area contributed by atoms with Crippen molar-refractivity contribution in [3.05, 3.63) is 271 Å². The minimum Gasteiger partial charge on any atom is -0.309 e. The van der Waals surface area contributed by atoms with E-state index in [2.05, 4.69) is 253 Å². The minimum absolute atomic E-state index is 0.511. The summed E-state index contributed by atoms with van der Waals surface area (Å²) in [6.07, 6.45) is 0. The maximum Gasteiger partial charge on any atom is 0.160 e. The van der Waals surface area contributed by atoms with Crippen molar-refractivity contribution < 1.29 is 0 Å². The molecule has 10 aromatic carbocycles. The average molecular weight is 864 g/mol. The van der Waals surface area contributed by atoms with Gasteiger partial charge in [0, 0.05) is 27.5 Å². The predicted molar refractivity (Wildman–Crippen MR) is 280 cm³/mol. The fraction of sp³-hybridized carbons (Fsp3) is 0.0154. The van der Waals surface area contributed by atoms with E-state index in [1.165, 1.54) is 77.6 Å². The highest BCUT2D eigenvalue weighted by molar-refractivity contribution is 6.13. The Morgan fingerprint density at radius 2 is 0.779 bits per heavy atom. The van der Waals surface area contributed by atoms with E-state index in [9.17, 15) is 0 Å². The van der Waals surface area contributed by atoms with Crippen molar-refractivity contribution in [2.24, 2.45) is 0 Å². The molecule has 1 aliphatic heterocycles. The molecule has 68 heavy (non-hydrogen) atoms.